The minimum Gasteiger partial charge on any atom is -0.384 e. The van der Waals surface area contributed by atoms with Crippen LogP contribution in [-0.4, -0.2) is 27.6 Å². The van der Waals surface area contributed by atoms with Crippen LogP contribution in [0.15, 0.2) is 30.2 Å². The predicted octanol–water partition coefficient (Wildman–Crippen LogP) is 1.13. The van der Waals surface area contributed by atoms with Gasteiger partial charge in [0.2, 0.25) is 0 Å². The number of anilines is 1. The van der Waals surface area contributed by atoms with E-state index in [9.17, 15) is 4.79 Å². The molecular formula is C12H9N3O2S. The summed E-state index contributed by atoms with van der Waals surface area (Å²) >= 11 is 1.35. The van der Waals surface area contributed by atoms with Crippen molar-refractivity contribution in [3.8, 4) is 11.8 Å². The molecule has 2 heterocycles. The summed E-state index contributed by atoms with van der Waals surface area (Å²) in [5, 5.41) is 13.0. The van der Waals surface area contributed by atoms with E-state index < -0.39 is 0 Å². The lowest BCUT2D eigenvalue weighted by Gasteiger charge is -2.00. The predicted molar refractivity (Wildman–Crippen MR) is 68.3 cm³/mol. The van der Waals surface area contributed by atoms with Crippen molar-refractivity contribution in [3.63, 3.8) is 0 Å². The Morgan fingerprint density at radius 3 is 2.94 bits per heavy atom. The third-order valence-corrected chi connectivity index (χ3v) is 2.82. The lowest BCUT2D eigenvalue weighted by Crippen LogP contribution is -2.11. The van der Waals surface area contributed by atoms with Crippen LogP contribution in [-0.2, 0) is 0 Å². The maximum atomic E-state index is 11.8. The molecule has 6 heteroatoms. The van der Waals surface area contributed by atoms with E-state index in [1.165, 1.54) is 30.1 Å². The highest BCUT2D eigenvalue weighted by atomic mass is 32.1. The topological polar surface area (TPSA) is 75.1 Å². The van der Waals surface area contributed by atoms with Gasteiger partial charge in [-0.05, 0) is 6.07 Å². The maximum Gasteiger partial charge on any atom is 0.256 e. The monoisotopic (exact) mass is 259 g/mol. The maximum absolute atomic E-state index is 11.8. The number of carbonyl (C=O) groups excluding carboxylic acids is 1. The highest BCUT2D eigenvalue weighted by Gasteiger charge is 2.08. The summed E-state index contributed by atoms with van der Waals surface area (Å²) in [4.78, 5) is 20.2. The van der Waals surface area contributed by atoms with E-state index in [1.807, 2.05) is 0 Å². The van der Waals surface area contributed by atoms with E-state index in [1.54, 1.807) is 11.4 Å². The second-order valence-electron chi connectivity index (χ2n) is 3.24. The number of hydrogen-bond donors (Lipinski definition) is 2. The van der Waals surface area contributed by atoms with Crippen molar-refractivity contribution in [1.29, 1.82) is 0 Å². The van der Waals surface area contributed by atoms with Crippen molar-refractivity contribution in [2.45, 2.75) is 0 Å². The first kappa shape index (κ1) is 12.2. The van der Waals surface area contributed by atoms with Gasteiger partial charge in [0.05, 0.1) is 28.5 Å². The van der Waals surface area contributed by atoms with Gasteiger partial charge in [0.15, 0.2) is 0 Å². The standard InChI is InChI=1S/C12H9N3O2S/c16-3-1-2-11-4-9(7-18-11)12(17)15-10-5-13-8-14-6-10/h4-8,16H,3H2,(H,15,17). The number of amides is 1. The molecule has 0 radical (unpaired) electrons. The van der Waals surface area contributed by atoms with Crippen molar-refractivity contribution in [1.82, 2.24) is 9.97 Å². The normalized spacial score (nSPS) is 9.39. The Kier molecular flexibility index (Phi) is 4.02. The smallest absolute Gasteiger partial charge is 0.256 e. The molecule has 0 aliphatic heterocycles. The van der Waals surface area contributed by atoms with Gasteiger partial charge in [-0.15, -0.1) is 11.3 Å². The number of thiophene rings is 1. The zero-order chi connectivity index (χ0) is 12.8. The molecule has 2 N–H and O–H groups in total. The number of hydrogen-bond acceptors (Lipinski definition) is 5. The van der Waals surface area contributed by atoms with Crippen LogP contribution in [0, 0.1) is 11.8 Å². The first-order valence-electron chi connectivity index (χ1n) is 5.04. The fraction of sp³-hybridized carbons (Fsp3) is 0.0833. The molecule has 2 rings (SSSR count). The number of aliphatic hydroxyl groups is 1. The van der Waals surface area contributed by atoms with E-state index in [0.717, 1.165) is 4.88 Å². The van der Waals surface area contributed by atoms with Gasteiger partial charge >= 0.3 is 0 Å². The van der Waals surface area contributed by atoms with Crippen LogP contribution in [0.5, 0.6) is 0 Å². The van der Waals surface area contributed by atoms with Crippen LogP contribution in [0.4, 0.5) is 5.69 Å². The van der Waals surface area contributed by atoms with Crippen molar-refractivity contribution in [3.05, 3.63) is 40.6 Å². The molecule has 0 aliphatic rings. The number of nitrogens with zero attached hydrogens (tertiary/aromatic N) is 2. The molecule has 0 bridgehead atoms. The van der Waals surface area contributed by atoms with Gasteiger partial charge in [-0.25, -0.2) is 9.97 Å². The molecule has 2 aromatic heterocycles. The Morgan fingerprint density at radius 1 is 1.44 bits per heavy atom. The molecule has 5 nitrogen and oxygen atoms in total. The van der Waals surface area contributed by atoms with Crippen LogP contribution in [0.25, 0.3) is 0 Å². The molecule has 0 saturated heterocycles. The average molecular weight is 259 g/mol. The van der Waals surface area contributed by atoms with Gasteiger partial charge in [0.1, 0.15) is 12.9 Å². The van der Waals surface area contributed by atoms with E-state index in [-0.39, 0.29) is 12.5 Å². The molecule has 0 atom stereocenters. The lowest BCUT2D eigenvalue weighted by molar-refractivity contribution is 0.102. The van der Waals surface area contributed by atoms with E-state index >= 15 is 0 Å². The molecule has 0 saturated carbocycles. The Balaban J connectivity index is 2.08. The zero-order valence-electron chi connectivity index (χ0n) is 9.25. The van der Waals surface area contributed by atoms with Crippen molar-refractivity contribution < 1.29 is 9.90 Å². The number of aromatic nitrogens is 2. The quantitative estimate of drug-likeness (QED) is 0.793. The van der Waals surface area contributed by atoms with E-state index in [4.69, 9.17) is 5.11 Å². The van der Waals surface area contributed by atoms with Gasteiger partial charge < -0.3 is 10.4 Å². The Hall–Kier alpha value is -2.23. The van der Waals surface area contributed by atoms with Crippen molar-refractivity contribution >= 4 is 22.9 Å². The molecule has 2 aromatic rings. The third-order valence-electron chi connectivity index (χ3n) is 1.97. The summed E-state index contributed by atoms with van der Waals surface area (Å²) in [7, 11) is 0. The summed E-state index contributed by atoms with van der Waals surface area (Å²) in [6, 6.07) is 1.67. The van der Waals surface area contributed by atoms with Gasteiger partial charge in [-0.1, -0.05) is 11.8 Å². The number of aliphatic hydroxyl groups excluding tert-OH is 1. The molecule has 0 aliphatic carbocycles. The summed E-state index contributed by atoms with van der Waals surface area (Å²) in [5.41, 5.74) is 1.06. The molecular weight excluding hydrogens is 250 g/mol. The molecule has 0 fully saturated rings. The van der Waals surface area contributed by atoms with E-state index in [2.05, 4.69) is 27.1 Å². The van der Waals surface area contributed by atoms with Crippen LogP contribution < -0.4 is 5.32 Å². The van der Waals surface area contributed by atoms with Crippen LogP contribution in [0.3, 0.4) is 0 Å². The van der Waals surface area contributed by atoms with Gasteiger partial charge in [0.25, 0.3) is 5.91 Å². The highest BCUT2D eigenvalue weighted by Crippen LogP contribution is 2.15. The number of carbonyl (C=O) groups is 1. The minimum absolute atomic E-state index is 0.194. The summed E-state index contributed by atoms with van der Waals surface area (Å²) in [5.74, 6) is 5.04. The minimum atomic E-state index is -0.238. The van der Waals surface area contributed by atoms with Gasteiger partial charge in [0, 0.05) is 5.38 Å². The van der Waals surface area contributed by atoms with Crippen LogP contribution >= 0.6 is 11.3 Å². The molecule has 0 aromatic carbocycles. The second-order valence-corrected chi connectivity index (χ2v) is 4.15. The summed E-state index contributed by atoms with van der Waals surface area (Å²) in [6.07, 6.45) is 4.43. The van der Waals surface area contributed by atoms with E-state index in [0.29, 0.717) is 11.3 Å². The first-order chi connectivity index (χ1) is 8.79. The third kappa shape index (κ3) is 3.13. The second kappa shape index (κ2) is 5.91. The van der Waals surface area contributed by atoms with Crippen molar-refractivity contribution in [2.24, 2.45) is 0 Å². The Labute approximate surface area is 108 Å². The fourth-order valence-corrected chi connectivity index (χ4v) is 1.97. The number of rotatable bonds is 2. The molecule has 0 unspecified atom stereocenters. The largest absolute Gasteiger partial charge is 0.384 e. The van der Waals surface area contributed by atoms with Crippen molar-refractivity contribution in [2.75, 3.05) is 11.9 Å². The molecule has 90 valence electrons. The summed E-state index contributed by atoms with van der Waals surface area (Å²) < 4.78 is 0. The Bertz CT molecular complexity index is 599. The molecule has 0 spiro atoms. The first-order valence-corrected chi connectivity index (χ1v) is 5.92. The highest BCUT2D eigenvalue weighted by molar-refractivity contribution is 7.10. The Morgan fingerprint density at radius 2 is 2.22 bits per heavy atom. The van der Waals surface area contributed by atoms with Gasteiger partial charge in [-0.3, -0.25) is 4.79 Å². The van der Waals surface area contributed by atoms with Gasteiger partial charge in [-0.2, -0.15) is 0 Å². The average Bonchev–Trinajstić information content (AvgIpc) is 2.86. The number of nitrogens with one attached hydrogen (secondary N) is 1. The molecule has 18 heavy (non-hydrogen) atoms. The van der Waals surface area contributed by atoms with Crippen LogP contribution in [0.2, 0.25) is 0 Å². The zero-order valence-corrected chi connectivity index (χ0v) is 10.1. The molecule has 1 amide bonds. The summed E-state index contributed by atoms with van der Waals surface area (Å²) in [6.45, 7) is -0.194. The fourth-order valence-electron chi connectivity index (χ4n) is 1.21. The lowest BCUT2D eigenvalue weighted by atomic mass is 10.3. The van der Waals surface area contributed by atoms with Crippen LogP contribution in [0.1, 0.15) is 15.2 Å². The SMILES string of the molecule is O=C(Nc1cncnc1)c1csc(C#CCO)c1.